The Labute approximate surface area is 200 Å². The molecule has 1 aliphatic rings. The van der Waals surface area contributed by atoms with E-state index in [9.17, 15) is 13.2 Å². The Morgan fingerprint density at radius 2 is 1.82 bits per heavy atom. The molecule has 0 amide bonds. The van der Waals surface area contributed by atoms with Gasteiger partial charge in [0.05, 0.1) is 35.4 Å². The van der Waals surface area contributed by atoms with Gasteiger partial charge >= 0.3 is 5.97 Å². The predicted octanol–water partition coefficient (Wildman–Crippen LogP) is 3.39. The molecule has 0 bridgehead atoms. The fourth-order valence-electron chi connectivity index (χ4n) is 4.18. The van der Waals surface area contributed by atoms with Crippen LogP contribution in [-0.2, 0) is 14.6 Å². The number of likely N-dealkylation sites (N-methyl/N-ethyl adjacent to an activating group) is 1. The number of carbonyl (C=O) groups excluding carboxylic acids is 1. The molecule has 2 heterocycles. The molecular weight excluding hydrogens is 454 g/mol. The minimum atomic E-state index is -3.89. The zero-order valence-corrected chi connectivity index (χ0v) is 20.5. The summed E-state index contributed by atoms with van der Waals surface area (Å²) in [5.74, 6) is 0.125. The molecule has 0 saturated carbocycles. The summed E-state index contributed by atoms with van der Waals surface area (Å²) in [4.78, 5) is 21.5. The minimum Gasteiger partial charge on any atom is -0.497 e. The first-order valence-corrected chi connectivity index (χ1v) is 12.8. The number of anilines is 1. The Morgan fingerprint density at radius 1 is 1.06 bits per heavy atom. The molecule has 9 heteroatoms. The van der Waals surface area contributed by atoms with Crippen LogP contribution < -0.4 is 9.64 Å². The number of methoxy groups -OCH3 is 1. The largest absolute Gasteiger partial charge is 0.497 e. The third kappa shape index (κ3) is 4.71. The number of rotatable bonds is 6. The van der Waals surface area contributed by atoms with E-state index in [2.05, 4.69) is 21.8 Å². The second-order valence-electron chi connectivity index (χ2n) is 8.25. The molecule has 0 N–H and O–H groups in total. The van der Waals surface area contributed by atoms with Gasteiger partial charge in [-0.2, -0.15) is 0 Å². The van der Waals surface area contributed by atoms with Crippen molar-refractivity contribution in [3.63, 3.8) is 0 Å². The van der Waals surface area contributed by atoms with E-state index in [0.717, 1.165) is 19.5 Å². The number of hydrogen-bond donors (Lipinski definition) is 0. The summed E-state index contributed by atoms with van der Waals surface area (Å²) in [6, 6.07) is 11.4. The lowest BCUT2D eigenvalue weighted by molar-refractivity contribution is 0.0526. The zero-order valence-electron chi connectivity index (χ0n) is 19.7. The lowest BCUT2D eigenvalue weighted by Gasteiger charge is -2.27. The molecule has 34 heavy (non-hydrogen) atoms. The van der Waals surface area contributed by atoms with Gasteiger partial charge in [-0.05, 0) is 69.4 Å². The highest BCUT2D eigenvalue weighted by Gasteiger charge is 2.28. The van der Waals surface area contributed by atoms with Gasteiger partial charge in [-0.25, -0.2) is 13.2 Å². The van der Waals surface area contributed by atoms with Crippen molar-refractivity contribution in [1.82, 2.24) is 9.88 Å². The van der Waals surface area contributed by atoms with Gasteiger partial charge in [-0.3, -0.25) is 4.98 Å². The lowest BCUT2D eigenvalue weighted by Crippen LogP contribution is -2.30. The maximum absolute atomic E-state index is 13.8. The van der Waals surface area contributed by atoms with Gasteiger partial charge in [0, 0.05) is 31.2 Å². The third-order valence-corrected chi connectivity index (χ3v) is 7.78. The molecule has 180 valence electrons. The molecule has 0 aliphatic carbocycles. The highest BCUT2D eigenvalue weighted by atomic mass is 32.2. The highest BCUT2D eigenvalue weighted by Crippen LogP contribution is 2.37. The van der Waals surface area contributed by atoms with Crippen molar-refractivity contribution < 1.29 is 22.7 Å². The average Bonchev–Trinajstić information content (AvgIpc) is 3.07. The van der Waals surface area contributed by atoms with Crippen LogP contribution >= 0.6 is 0 Å². The SMILES string of the molecule is CCOC(=O)c1ccc2ncc(S(=O)(=O)c3ccc(OC)cc3)c(N3CCCN(C)CC3)c2c1. The monoisotopic (exact) mass is 483 g/mol. The van der Waals surface area contributed by atoms with Crippen LogP contribution in [-0.4, -0.2) is 71.2 Å². The van der Waals surface area contributed by atoms with Crippen molar-refractivity contribution >= 4 is 32.4 Å². The molecule has 4 rings (SSSR count). The number of benzene rings is 2. The van der Waals surface area contributed by atoms with Gasteiger partial charge < -0.3 is 19.3 Å². The Hall–Kier alpha value is -3.17. The third-order valence-electron chi connectivity index (χ3n) is 6.01. The summed E-state index contributed by atoms with van der Waals surface area (Å²) in [5.41, 5.74) is 1.56. The summed E-state index contributed by atoms with van der Waals surface area (Å²) >= 11 is 0. The molecule has 1 saturated heterocycles. The van der Waals surface area contributed by atoms with Crippen LogP contribution in [0.15, 0.2) is 58.5 Å². The Kier molecular flexibility index (Phi) is 7.04. The number of carbonyl (C=O) groups is 1. The molecule has 1 aromatic heterocycles. The second kappa shape index (κ2) is 9.99. The smallest absolute Gasteiger partial charge is 0.338 e. The van der Waals surface area contributed by atoms with E-state index in [-0.39, 0.29) is 16.4 Å². The number of fused-ring (bicyclic) bond motifs is 1. The summed E-state index contributed by atoms with van der Waals surface area (Å²) in [7, 11) is -0.302. The van der Waals surface area contributed by atoms with Crippen LogP contribution in [0.2, 0.25) is 0 Å². The van der Waals surface area contributed by atoms with Crippen LogP contribution in [0.1, 0.15) is 23.7 Å². The van der Waals surface area contributed by atoms with Gasteiger partial charge in [0.15, 0.2) is 0 Å². The summed E-state index contributed by atoms with van der Waals surface area (Å²) in [5, 5.41) is 0.615. The van der Waals surface area contributed by atoms with Gasteiger partial charge in [0.1, 0.15) is 10.6 Å². The van der Waals surface area contributed by atoms with Crippen LogP contribution in [0.4, 0.5) is 5.69 Å². The Balaban J connectivity index is 1.93. The number of ether oxygens (including phenoxy) is 2. The van der Waals surface area contributed by atoms with E-state index < -0.39 is 15.8 Å². The fraction of sp³-hybridized carbons (Fsp3) is 0.360. The van der Waals surface area contributed by atoms with Crippen molar-refractivity contribution in [1.29, 1.82) is 0 Å². The van der Waals surface area contributed by atoms with Gasteiger partial charge in [0.2, 0.25) is 9.84 Å². The average molecular weight is 484 g/mol. The van der Waals surface area contributed by atoms with E-state index in [1.807, 2.05) is 0 Å². The molecule has 0 spiro atoms. The molecule has 0 atom stereocenters. The van der Waals surface area contributed by atoms with Crippen molar-refractivity contribution in [2.24, 2.45) is 0 Å². The number of pyridine rings is 1. The zero-order chi connectivity index (χ0) is 24.3. The summed E-state index contributed by atoms with van der Waals surface area (Å²) in [6.45, 7) is 5.08. The quantitative estimate of drug-likeness (QED) is 0.493. The van der Waals surface area contributed by atoms with E-state index in [4.69, 9.17) is 9.47 Å². The molecule has 3 aromatic rings. The number of nitrogens with zero attached hydrogens (tertiary/aromatic N) is 3. The lowest BCUT2D eigenvalue weighted by atomic mass is 10.1. The maximum Gasteiger partial charge on any atom is 0.338 e. The number of esters is 1. The standard InChI is InChI=1S/C25H29N3O5S/c1-4-33-25(29)18-6-11-22-21(16-18)24(28-13-5-12-27(2)14-15-28)23(17-26-22)34(30,31)20-9-7-19(32-3)8-10-20/h6-11,16-17H,4-5,12-15H2,1-3H3. The number of aromatic nitrogens is 1. The maximum atomic E-state index is 13.8. The predicted molar refractivity (Wildman–Crippen MR) is 130 cm³/mol. The van der Waals surface area contributed by atoms with E-state index in [1.165, 1.54) is 25.4 Å². The van der Waals surface area contributed by atoms with Gasteiger partial charge in [-0.1, -0.05) is 0 Å². The number of sulfone groups is 1. The Bertz CT molecular complexity index is 1290. The topological polar surface area (TPSA) is 89.0 Å². The first-order chi connectivity index (χ1) is 16.3. The molecule has 0 radical (unpaired) electrons. The normalized spacial score (nSPS) is 15.2. The highest BCUT2D eigenvalue weighted by molar-refractivity contribution is 7.91. The van der Waals surface area contributed by atoms with E-state index in [1.54, 1.807) is 37.3 Å². The summed E-state index contributed by atoms with van der Waals surface area (Å²) in [6.07, 6.45) is 2.32. The van der Waals surface area contributed by atoms with Crippen molar-refractivity contribution in [3.8, 4) is 5.75 Å². The molecule has 1 fully saturated rings. The van der Waals surface area contributed by atoms with Crippen LogP contribution in [0, 0.1) is 0 Å². The van der Waals surface area contributed by atoms with Crippen LogP contribution in [0.5, 0.6) is 5.75 Å². The first kappa shape index (κ1) is 24.0. The minimum absolute atomic E-state index is 0.121. The molecule has 2 aromatic carbocycles. The van der Waals surface area contributed by atoms with Crippen molar-refractivity contribution in [2.45, 2.75) is 23.1 Å². The molecule has 8 nitrogen and oxygen atoms in total. The van der Waals surface area contributed by atoms with E-state index in [0.29, 0.717) is 41.0 Å². The van der Waals surface area contributed by atoms with Gasteiger partial charge in [-0.15, -0.1) is 0 Å². The molecular formula is C25H29N3O5S. The summed E-state index contributed by atoms with van der Waals surface area (Å²) < 4.78 is 38.0. The van der Waals surface area contributed by atoms with E-state index >= 15 is 0 Å². The molecule has 1 aliphatic heterocycles. The fourth-order valence-corrected chi connectivity index (χ4v) is 5.61. The van der Waals surface area contributed by atoms with Gasteiger partial charge in [0.25, 0.3) is 0 Å². The second-order valence-corrected chi connectivity index (χ2v) is 10.2. The first-order valence-electron chi connectivity index (χ1n) is 11.3. The number of hydrogen-bond acceptors (Lipinski definition) is 8. The van der Waals surface area contributed by atoms with Crippen LogP contribution in [0.3, 0.4) is 0 Å². The van der Waals surface area contributed by atoms with Crippen LogP contribution in [0.25, 0.3) is 10.9 Å². The Morgan fingerprint density at radius 3 is 2.53 bits per heavy atom. The van der Waals surface area contributed by atoms with Crippen molar-refractivity contribution in [2.75, 3.05) is 51.8 Å². The molecule has 0 unspecified atom stereocenters. The van der Waals surface area contributed by atoms with Crippen molar-refractivity contribution in [3.05, 3.63) is 54.2 Å².